The average Bonchev–Trinajstić information content (AvgIpc) is 2.70. The Labute approximate surface area is 175 Å². The third kappa shape index (κ3) is 7.67. The molecule has 29 heavy (non-hydrogen) atoms. The van der Waals surface area contributed by atoms with E-state index >= 15 is 0 Å². The van der Waals surface area contributed by atoms with Crippen molar-refractivity contribution in [2.24, 2.45) is 0 Å². The molecular formula is C20H25N5O3S. The third-order valence-corrected chi connectivity index (χ3v) is 3.91. The van der Waals surface area contributed by atoms with E-state index in [1.807, 2.05) is 32.0 Å². The summed E-state index contributed by atoms with van der Waals surface area (Å²) in [4.78, 5) is 23.8. The van der Waals surface area contributed by atoms with E-state index in [-0.39, 0.29) is 23.1 Å². The molecule has 2 aromatic rings. The van der Waals surface area contributed by atoms with Crippen LogP contribution in [0.2, 0.25) is 0 Å². The summed E-state index contributed by atoms with van der Waals surface area (Å²) >= 11 is 5.17. The number of carbonyl (C=O) groups excluding carboxylic acids is 2. The lowest BCUT2D eigenvalue weighted by Crippen LogP contribution is -2.43. The molecule has 154 valence electrons. The summed E-state index contributed by atoms with van der Waals surface area (Å²) in [6, 6.07) is 14.0. The summed E-state index contributed by atoms with van der Waals surface area (Å²) < 4.78 is 5.15. The number of hydrazine groups is 1. The number of rotatable bonds is 6. The molecule has 2 aromatic carbocycles. The summed E-state index contributed by atoms with van der Waals surface area (Å²) in [5, 5.41) is 8.69. The van der Waals surface area contributed by atoms with Crippen molar-refractivity contribution in [3.63, 3.8) is 0 Å². The van der Waals surface area contributed by atoms with Crippen molar-refractivity contribution < 1.29 is 14.3 Å². The van der Waals surface area contributed by atoms with Crippen LogP contribution in [0.15, 0.2) is 48.5 Å². The van der Waals surface area contributed by atoms with Gasteiger partial charge in [0.1, 0.15) is 5.75 Å². The number of hydrogen-bond donors (Lipinski definition) is 5. The minimum absolute atomic E-state index is 0.0676. The SMILES string of the molecule is COc1cccc(NC(=S)NNC(=O)c2ccc(CNC(=O)NC(C)C)cc2)c1. The number of hydrogen-bond acceptors (Lipinski definition) is 4. The Bertz CT molecular complexity index is 855. The van der Waals surface area contributed by atoms with Crippen molar-refractivity contribution in [2.75, 3.05) is 12.4 Å². The van der Waals surface area contributed by atoms with Crippen LogP contribution >= 0.6 is 12.2 Å². The second kappa shape index (κ2) is 10.9. The van der Waals surface area contributed by atoms with Crippen molar-refractivity contribution in [1.29, 1.82) is 0 Å². The van der Waals surface area contributed by atoms with Crippen LogP contribution in [0.25, 0.3) is 0 Å². The lowest BCUT2D eigenvalue weighted by Gasteiger charge is -2.13. The lowest BCUT2D eigenvalue weighted by atomic mass is 10.1. The summed E-state index contributed by atoms with van der Waals surface area (Å²) in [6.45, 7) is 4.14. The van der Waals surface area contributed by atoms with Crippen LogP contribution in [-0.2, 0) is 6.54 Å². The summed E-state index contributed by atoms with van der Waals surface area (Å²) in [7, 11) is 1.58. The largest absolute Gasteiger partial charge is 0.497 e. The molecule has 0 unspecified atom stereocenters. The molecule has 0 spiro atoms. The fourth-order valence-corrected chi connectivity index (χ4v) is 2.49. The van der Waals surface area contributed by atoms with Crippen molar-refractivity contribution in [2.45, 2.75) is 26.4 Å². The molecule has 9 heteroatoms. The van der Waals surface area contributed by atoms with Crippen LogP contribution in [0, 0.1) is 0 Å². The van der Waals surface area contributed by atoms with Crippen LogP contribution in [0.3, 0.4) is 0 Å². The Morgan fingerprint density at radius 2 is 1.79 bits per heavy atom. The number of carbonyl (C=O) groups is 2. The number of nitrogens with one attached hydrogen (secondary N) is 5. The maximum absolute atomic E-state index is 12.2. The molecule has 5 N–H and O–H groups in total. The number of anilines is 1. The van der Waals surface area contributed by atoms with Crippen LogP contribution in [-0.4, -0.2) is 30.2 Å². The van der Waals surface area contributed by atoms with Gasteiger partial charge in [0.2, 0.25) is 0 Å². The summed E-state index contributed by atoms with van der Waals surface area (Å²) in [5.74, 6) is 0.356. The Morgan fingerprint density at radius 3 is 2.45 bits per heavy atom. The van der Waals surface area contributed by atoms with Crippen molar-refractivity contribution >= 4 is 35.0 Å². The first kappa shape index (κ1) is 22.0. The Hall–Kier alpha value is -3.33. The highest BCUT2D eigenvalue weighted by Crippen LogP contribution is 2.16. The van der Waals surface area contributed by atoms with Crippen molar-refractivity contribution in [3.05, 3.63) is 59.7 Å². The molecule has 0 aromatic heterocycles. The molecular weight excluding hydrogens is 390 g/mol. The zero-order chi connectivity index (χ0) is 21.2. The molecule has 0 aliphatic heterocycles. The van der Waals surface area contributed by atoms with Gasteiger partial charge in [-0.1, -0.05) is 18.2 Å². The zero-order valence-corrected chi connectivity index (χ0v) is 17.4. The number of urea groups is 1. The minimum atomic E-state index is -0.336. The molecule has 2 rings (SSSR count). The van der Waals surface area contributed by atoms with E-state index in [0.29, 0.717) is 17.9 Å². The van der Waals surface area contributed by atoms with Crippen molar-refractivity contribution in [1.82, 2.24) is 21.5 Å². The lowest BCUT2D eigenvalue weighted by molar-refractivity contribution is 0.0944. The van der Waals surface area contributed by atoms with Gasteiger partial charge in [-0.25, -0.2) is 4.79 Å². The first-order valence-corrected chi connectivity index (χ1v) is 9.43. The number of benzene rings is 2. The van der Waals surface area contributed by atoms with Crippen LogP contribution < -0.4 is 31.5 Å². The molecule has 8 nitrogen and oxygen atoms in total. The molecule has 0 saturated heterocycles. The Balaban J connectivity index is 1.79. The van der Waals surface area contributed by atoms with E-state index in [1.165, 1.54) is 0 Å². The van der Waals surface area contributed by atoms with Gasteiger partial charge in [-0.15, -0.1) is 0 Å². The van der Waals surface area contributed by atoms with Crippen molar-refractivity contribution in [3.8, 4) is 5.75 Å². The van der Waals surface area contributed by atoms with E-state index in [0.717, 1.165) is 11.3 Å². The standard InChI is InChI=1S/C20H25N5O3S/c1-13(2)22-19(27)21-12-14-7-9-15(10-8-14)18(26)24-25-20(29)23-16-5-4-6-17(11-16)28-3/h4-11,13H,12H2,1-3H3,(H,24,26)(H2,21,22,27)(H2,23,25,29). The predicted octanol–water partition coefficient (Wildman–Crippen LogP) is 2.53. The van der Waals surface area contributed by atoms with Gasteiger partial charge in [-0.05, 0) is 55.9 Å². The van der Waals surface area contributed by atoms with E-state index in [4.69, 9.17) is 17.0 Å². The number of methoxy groups -OCH3 is 1. The normalized spacial score (nSPS) is 10.1. The smallest absolute Gasteiger partial charge is 0.315 e. The number of amides is 3. The van der Waals surface area contributed by atoms with Crippen LogP contribution in [0.5, 0.6) is 5.75 Å². The topological polar surface area (TPSA) is 104 Å². The van der Waals surface area contributed by atoms with E-state index < -0.39 is 0 Å². The first-order valence-electron chi connectivity index (χ1n) is 9.02. The summed E-state index contributed by atoms with van der Waals surface area (Å²) in [6.07, 6.45) is 0. The molecule has 0 bridgehead atoms. The fourth-order valence-electron chi connectivity index (χ4n) is 2.32. The van der Waals surface area contributed by atoms with E-state index in [1.54, 1.807) is 37.4 Å². The third-order valence-electron chi connectivity index (χ3n) is 3.71. The van der Waals surface area contributed by atoms with Gasteiger partial charge in [0.25, 0.3) is 5.91 Å². The van der Waals surface area contributed by atoms with Crippen LogP contribution in [0.1, 0.15) is 29.8 Å². The Morgan fingerprint density at radius 1 is 1.07 bits per heavy atom. The van der Waals surface area contributed by atoms with Gasteiger partial charge in [0.15, 0.2) is 5.11 Å². The molecule has 0 aliphatic carbocycles. The zero-order valence-electron chi connectivity index (χ0n) is 16.5. The highest BCUT2D eigenvalue weighted by molar-refractivity contribution is 7.80. The van der Waals surface area contributed by atoms with Gasteiger partial charge >= 0.3 is 6.03 Å². The van der Waals surface area contributed by atoms with Gasteiger partial charge in [0, 0.05) is 29.9 Å². The monoisotopic (exact) mass is 415 g/mol. The maximum atomic E-state index is 12.2. The van der Waals surface area contributed by atoms with Gasteiger partial charge in [0.05, 0.1) is 7.11 Å². The Kier molecular flexibility index (Phi) is 8.23. The summed E-state index contributed by atoms with van der Waals surface area (Å²) in [5.41, 5.74) is 7.25. The second-order valence-electron chi connectivity index (χ2n) is 6.44. The molecule has 0 atom stereocenters. The fraction of sp³-hybridized carbons (Fsp3) is 0.250. The van der Waals surface area contributed by atoms with Crippen LogP contribution in [0.4, 0.5) is 10.5 Å². The molecule has 0 aliphatic rings. The van der Waals surface area contributed by atoms with Gasteiger partial charge < -0.3 is 20.7 Å². The molecule has 0 fully saturated rings. The number of ether oxygens (including phenoxy) is 1. The highest BCUT2D eigenvalue weighted by Gasteiger charge is 2.07. The van der Waals surface area contributed by atoms with E-state index in [2.05, 4.69) is 26.8 Å². The first-order chi connectivity index (χ1) is 13.9. The predicted molar refractivity (Wildman–Crippen MR) is 117 cm³/mol. The molecule has 0 heterocycles. The molecule has 0 saturated carbocycles. The van der Waals surface area contributed by atoms with E-state index in [9.17, 15) is 9.59 Å². The highest BCUT2D eigenvalue weighted by atomic mass is 32.1. The second-order valence-corrected chi connectivity index (χ2v) is 6.85. The average molecular weight is 416 g/mol. The quantitative estimate of drug-likeness (QED) is 0.367. The minimum Gasteiger partial charge on any atom is -0.497 e. The maximum Gasteiger partial charge on any atom is 0.315 e. The molecule has 3 amide bonds. The van der Waals surface area contributed by atoms with Gasteiger partial charge in [-0.2, -0.15) is 0 Å². The molecule has 0 radical (unpaired) electrons. The van der Waals surface area contributed by atoms with Gasteiger partial charge in [-0.3, -0.25) is 15.6 Å². The number of thiocarbonyl (C=S) groups is 1.